The average molecular weight is 261 g/mol. The van der Waals surface area contributed by atoms with Gasteiger partial charge in [-0.25, -0.2) is 4.39 Å². The molecule has 1 aromatic heterocycles. The number of carbonyl (C=O) groups is 1. The first-order valence-corrected chi connectivity index (χ1v) is 5.53. The topological polar surface area (TPSA) is 88.0 Å². The second kappa shape index (κ2) is 4.93. The zero-order valence-corrected chi connectivity index (χ0v) is 10.2. The molecule has 98 valence electrons. The Morgan fingerprint density at radius 2 is 2.05 bits per heavy atom. The molecule has 1 heterocycles. The van der Waals surface area contributed by atoms with Gasteiger partial charge in [0.2, 0.25) is 0 Å². The molecule has 2 rings (SSSR count). The van der Waals surface area contributed by atoms with Gasteiger partial charge in [-0.1, -0.05) is 0 Å². The summed E-state index contributed by atoms with van der Waals surface area (Å²) in [5.41, 5.74) is 5.80. The van der Waals surface area contributed by atoms with Gasteiger partial charge in [0.05, 0.1) is 5.69 Å². The van der Waals surface area contributed by atoms with Crippen LogP contribution in [0, 0.1) is 12.7 Å². The quantitative estimate of drug-likeness (QED) is 0.718. The highest BCUT2D eigenvalue weighted by Crippen LogP contribution is 2.16. The SMILES string of the molecule is Cc1ccc(C(=O)Nc2ccc(F)c(N)c2)c(=O)[nH]1. The summed E-state index contributed by atoms with van der Waals surface area (Å²) in [5.74, 6) is -1.14. The van der Waals surface area contributed by atoms with Crippen LogP contribution in [0.2, 0.25) is 0 Å². The monoisotopic (exact) mass is 261 g/mol. The number of nitrogens with two attached hydrogens (primary N) is 1. The molecule has 2 aromatic rings. The number of nitrogens with one attached hydrogen (secondary N) is 2. The molecular weight excluding hydrogens is 249 g/mol. The largest absolute Gasteiger partial charge is 0.396 e. The Kier molecular flexibility index (Phi) is 3.33. The van der Waals surface area contributed by atoms with Crippen molar-refractivity contribution in [3.05, 3.63) is 57.8 Å². The van der Waals surface area contributed by atoms with E-state index >= 15 is 0 Å². The van der Waals surface area contributed by atoms with Crippen LogP contribution in [0.15, 0.2) is 35.1 Å². The number of rotatable bonds is 2. The van der Waals surface area contributed by atoms with Crippen molar-refractivity contribution in [2.45, 2.75) is 6.92 Å². The average Bonchev–Trinajstić information content (AvgIpc) is 2.33. The molecule has 1 aromatic carbocycles. The fraction of sp³-hybridized carbons (Fsp3) is 0.0769. The van der Waals surface area contributed by atoms with E-state index in [1.54, 1.807) is 13.0 Å². The maximum atomic E-state index is 13.0. The van der Waals surface area contributed by atoms with Crippen LogP contribution < -0.4 is 16.6 Å². The Labute approximate surface area is 108 Å². The molecule has 0 atom stereocenters. The van der Waals surface area contributed by atoms with Gasteiger partial charge in [0.25, 0.3) is 11.5 Å². The number of carbonyl (C=O) groups excluding carboxylic acids is 1. The van der Waals surface area contributed by atoms with E-state index in [1.807, 2.05) is 0 Å². The summed E-state index contributed by atoms with van der Waals surface area (Å²) in [6.07, 6.45) is 0. The fourth-order valence-corrected chi connectivity index (χ4v) is 1.57. The van der Waals surface area contributed by atoms with Gasteiger partial charge in [0, 0.05) is 11.4 Å². The number of benzene rings is 1. The lowest BCUT2D eigenvalue weighted by molar-refractivity contribution is 0.102. The van der Waals surface area contributed by atoms with E-state index in [2.05, 4.69) is 10.3 Å². The molecule has 0 aliphatic rings. The van der Waals surface area contributed by atoms with Gasteiger partial charge in [-0.05, 0) is 37.3 Å². The van der Waals surface area contributed by atoms with Gasteiger partial charge in [-0.15, -0.1) is 0 Å². The van der Waals surface area contributed by atoms with E-state index in [9.17, 15) is 14.0 Å². The molecule has 0 unspecified atom stereocenters. The minimum absolute atomic E-state index is 0.0199. The number of hydrogen-bond acceptors (Lipinski definition) is 3. The number of anilines is 2. The van der Waals surface area contributed by atoms with E-state index in [1.165, 1.54) is 18.2 Å². The number of H-pyrrole nitrogens is 1. The standard InChI is InChI=1S/C13H12FN3O2/c1-7-2-4-9(12(18)16-7)13(19)17-8-3-5-10(14)11(15)6-8/h2-6H,15H2,1H3,(H,16,18)(H,17,19). The first kappa shape index (κ1) is 12.8. The predicted molar refractivity (Wildman–Crippen MR) is 70.6 cm³/mol. The maximum Gasteiger partial charge on any atom is 0.261 e. The van der Waals surface area contributed by atoms with Crippen molar-refractivity contribution < 1.29 is 9.18 Å². The third-order valence-electron chi connectivity index (χ3n) is 2.55. The summed E-state index contributed by atoms with van der Waals surface area (Å²) >= 11 is 0. The lowest BCUT2D eigenvalue weighted by atomic mass is 10.2. The Bertz CT molecular complexity index is 695. The summed E-state index contributed by atoms with van der Waals surface area (Å²) in [5, 5.41) is 2.48. The molecule has 0 saturated heterocycles. The lowest BCUT2D eigenvalue weighted by Crippen LogP contribution is -2.23. The third-order valence-corrected chi connectivity index (χ3v) is 2.55. The van der Waals surface area contributed by atoms with E-state index in [0.29, 0.717) is 11.4 Å². The third kappa shape index (κ3) is 2.79. The second-order valence-corrected chi connectivity index (χ2v) is 4.07. The maximum absolute atomic E-state index is 13.0. The Balaban J connectivity index is 2.25. The molecule has 0 fully saturated rings. The van der Waals surface area contributed by atoms with E-state index in [0.717, 1.165) is 6.07 Å². The second-order valence-electron chi connectivity index (χ2n) is 4.07. The summed E-state index contributed by atoms with van der Waals surface area (Å²) in [7, 11) is 0. The number of pyridine rings is 1. The number of nitrogen functional groups attached to an aromatic ring is 1. The molecule has 6 heteroatoms. The Morgan fingerprint density at radius 1 is 1.32 bits per heavy atom. The molecule has 0 saturated carbocycles. The predicted octanol–water partition coefficient (Wildman–Crippen LogP) is 1.66. The van der Waals surface area contributed by atoms with E-state index in [-0.39, 0.29) is 11.3 Å². The molecule has 0 bridgehead atoms. The summed E-state index contributed by atoms with van der Waals surface area (Å²) < 4.78 is 13.0. The van der Waals surface area contributed by atoms with Crippen molar-refractivity contribution in [2.24, 2.45) is 0 Å². The number of halogens is 1. The van der Waals surface area contributed by atoms with Crippen LogP contribution in [-0.2, 0) is 0 Å². The molecule has 0 spiro atoms. The Morgan fingerprint density at radius 3 is 2.68 bits per heavy atom. The van der Waals surface area contributed by atoms with Gasteiger partial charge >= 0.3 is 0 Å². The summed E-state index contributed by atoms with van der Waals surface area (Å²) in [6.45, 7) is 1.71. The highest BCUT2D eigenvalue weighted by Gasteiger charge is 2.11. The smallest absolute Gasteiger partial charge is 0.261 e. The van der Waals surface area contributed by atoms with Gasteiger partial charge in [0.1, 0.15) is 11.4 Å². The Hall–Kier alpha value is -2.63. The van der Waals surface area contributed by atoms with Crippen LogP contribution >= 0.6 is 0 Å². The molecule has 1 amide bonds. The van der Waals surface area contributed by atoms with Crippen LogP contribution in [0.1, 0.15) is 16.1 Å². The first-order chi connectivity index (χ1) is 8.97. The molecule has 0 aliphatic heterocycles. The minimum Gasteiger partial charge on any atom is -0.396 e. The van der Waals surface area contributed by atoms with Gasteiger partial charge in [-0.2, -0.15) is 0 Å². The summed E-state index contributed by atoms with van der Waals surface area (Å²) in [4.78, 5) is 26.0. The molecule has 0 radical (unpaired) electrons. The molecule has 19 heavy (non-hydrogen) atoms. The van der Waals surface area contributed by atoms with Crippen molar-refractivity contribution in [1.82, 2.24) is 4.98 Å². The van der Waals surface area contributed by atoms with Crippen molar-refractivity contribution in [1.29, 1.82) is 0 Å². The van der Waals surface area contributed by atoms with Crippen molar-refractivity contribution >= 4 is 17.3 Å². The molecule has 0 aliphatic carbocycles. The number of aromatic amines is 1. The lowest BCUT2D eigenvalue weighted by Gasteiger charge is -2.06. The van der Waals surface area contributed by atoms with E-state index < -0.39 is 17.3 Å². The van der Waals surface area contributed by atoms with Crippen LogP contribution in [0.4, 0.5) is 15.8 Å². The van der Waals surface area contributed by atoms with E-state index in [4.69, 9.17) is 5.73 Å². The normalized spacial score (nSPS) is 10.2. The zero-order valence-electron chi connectivity index (χ0n) is 10.2. The van der Waals surface area contributed by atoms with Crippen molar-refractivity contribution in [3.63, 3.8) is 0 Å². The van der Waals surface area contributed by atoms with Crippen molar-refractivity contribution in [3.8, 4) is 0 Å². The highest BCUT2D eigenvalue weighted by molar-refractivity contribution is 6.04. The highest BCUT2D eigenvalue weighted by atomic mass is 19.1. The van der Waals surface area contributed by atoms with Gasteiger partial charge < -0.3 is 16.0 Å². The van der Waals surface area contributed by atoms with Gasteiger partial charge in [-0.3, -0.25) is 9.59 Å². The van der Waals surface area contributed by atoms with Crippen molar-refractivity contribution in [2.75, 3.05) is 11.1 Å². The number of aryl methyl sites for hydroxylation is 1. The molecular formula is C13H12FN3O2. The van der Waals surface area contributed by atoms with Crippen LogP contribution in [0.3, 0.4) is 0 Å². The minimum atomic E-state index is -0.577. The van der Waals surface area contributed by atoms with Crippen LogP contribution in [0.25, 0.3) is 0 Å². The molecule has 4 N–H and O–H groups in total. The number of amides is 1. The molecule has 5 nitrogen and oxygen atoms in total. The summed E-state index contributed by atoms with van der Waals surface area (Å²) in [6, 6.07) is 6.84. The fourth-order valence-electron chi connectivity index (χ4n) is 1.57. The van der Waals surface area contributed by atoms with Crippen LogP contribution in [-0.4, -0.2) is 10.9 Å². The first-order valence-electron chi connectivity index (χ1n) is 5.53. The van der Waals surface area contributed by atoms with Gasteiger partial charge in [0.15, 0.2) is 0 Å². The zero-order chi connectivity index (χ0) is 14.0. The van der Waals surface area contributed by atoms with Crippen LogP contribution in [0.5, 0.6) is 0 Å². The number of hydrogen-bond donors (Lipinski definition) is 3. The number of aromatic nitrogens is 1.